The molecule has 0 fully saturated rings. The molecule has 0 saturated heterocycles. The number of thiol groups is 1. The van der Waals surface area contributed by atoms with Crippen LogP contribution >= 0.6 is 11.3 Å². The van der Waals surface area contributed by atoms with E-state index in [4.69, 9.17) is 9.47 Å². The van der Waals surface area contributed by atoms with Gasteiger partial charge in [0.25, 0.3) is 0 Å². The highest BCUT2D eigenvalue weighted by atomic mass is 32.2. The van der Waals surface area contributed by atoms with Crippen molar-refractivity contribution in [2.24, 2.45) is 0 Å². The van der Waals surface area contributed by atoms with Crippen molar-refractivity contribution < 1.29 is 27.5 Å². The summed E-state index contributed by atoms with van der Waals surface area (Å²) in [6, 6.07) is 11.6. The van der Waals surface area contributed by atoms with E-state index in [2.05, 4.69) is 15.0 Å². The lowest BCUT2D eigenvalue weighted by atomic mass is 10.0. The van der Waals surface area contributed by atoms with E-state index >= 15 is 0 Å². The molecule has 3 aromatic rings. The van der Waals surface area contributed by atoms with Gasteiger partial charge in [-0.05, 0) is 48.7 Å². The number of fused-ring (bicyclic) bond motifs is 1. The van der Waals surface area contributed by atoms with Crippen LogP contribution in [-0.4, -0.2) is 38.3 Å². The molecule has 190 valence electrons. The molecule has 11 heteroatoms. The van der Waals surface area contributed by atoms with E-state index < -0.39 is 10.9 Å². The molecule has 1 aromatic heterocycles. The van der Waals surface area contributed by atoms with Gasteiger partial charge in [0.2, 0.25) is 16.8 Å². The summed E-state index contributed by atoms with van der Waals surface area (Å²) in [5.74, 6) is 0.746. The fourth-order valence-electron chi connectivity index (χ4n) is 3.76. The van der Waals surface area contributed by atoms with Crippen LogP contribution in [0.5, 0.6) is 11.5 Å². The Morgan fingerprint density at radius 2 is 1.81 bits per heavy atom. The Morgan fingerprint density at radius 3 is 2.50 bits per heavy atom. The molecular formula is C25H27N3O6S2. The number of carbonyl (C=O) groups excluding carboxylic acids is 2. The number of ketones is 1. The van der Waals surface area contributed by atoms with E-state index in [1.807, 2.05) is 12.3 Å². The van der Waals surface area contributed by atoms with Crippen molar-refractivity contribution in [3.63, 3.8) is 0 Å². The molecule has 0 radical (unpaired) electrons. The van der Waals surface area contributed by atoms with E-state index in [9.17, 15) is 18.0 Å². The Balaban J connectivity index is 1.40. The highest BCUT2D eigenvalue weighted by molar-refractivity contribution is 7.73. The smallest absolute Gasteiger partial charge is 0.222 e. The van der Waals surface area contributed by atoms with E-state index in [-0.39, 0.29) is 30.6 Å². The summed E-state index contributed by atoms with van der Waals surface area (Å²) in [7, 11) is -2.74. The number of rotatable bonds is 11. The number of thiazole rings is 1. The summed E-state index contributed by atoms with van der Waals surface area (Å²) in [6.45, 7) is 2.92. The monoisotopic (exact) mass is 529 g/mol. The zero-order valence-electron chi connectivity index (χ0n) is 19.7. The molecule has 1 atom stereocenters. The number of anilines is 1. The third-order valence-electron chi connectivity index (χ3n) is 5.62. The second-order valence-corrected chi connectivity index (χ2v) is 9.83. The van der Waals surface area contributed by atoms with Crippen molar-refractivity contribution in [2.45, 2.75) is 38.6 Å². The second kappa shape index (κ2) is 12.0. The zero-order valence-corrected chi connectivity index (χ0v) is 21.4. The molecular weight excluding hydrogens is 502 g/mol. The van der Waals surface area contributed by atoms with Gasteiger partial charge >= 0.3 is 0 Å². The summed E-state index contributed by atoms with van der Waals surface area (Å²) in [6.07, 6.45) is 1.36. The Bertz CT molecular complexity index is 1300. The van der Waals surface area contributed by atoms with Gasteiger partial charge in [-0.1, -0.05) is 19.1 Å². The maximum atomic E-state index is 12.8. The number of benzene rings is 2. The van der Waals surface area contributed by atoms with Crippen molar-refractivity contribution >= 4 is 39.6 Å². The lowest BCUT2D eigenvalue weighted by Crippen LogP contribution is -2.30. The van der Waals surface area contributed by atoms with Crippen LogP contribution in [0, 0.1) is 0 Å². The van der Waals surface area contributed by atoms with Gasteiger partial charge in [0, 0.05) is 29.5 Å². The SMILES string of the molecule is CCc1csc([C@H](Cc2ccc(N[SH](=O)=O)cc2)NC(=O)CCC(=O)c2ccc3c(c2)OCCO3)n1. The van der Waals surface area contributed by atoms with Gasteiger partial charge in [0.1, 0.15) is 18.2 Å². The first-order valence-corrected chi connectivity index (χ1v) is 13.6. The highest BCUT2D eigenvalue weighted by Gasteiger charge is 2.21. The number of Topliss-reactive ketones (excluding diaryl/α,β-unsaturated/α-hetero) is 1. The van der Waals surface area contributed by atoms with E-state index in [0.717, 1.165) is 22.7 Å². The Labute approximate surface area is 214 Å². The second-order valence-electron chi connectivity index (χ2n) is 8.20. The standard InChI is InChI=1S/C25H27N3O6S2/c1-2-18-15-35-25(26-18)20(13-16-3-6-19(7-4-16)28-36(31)32)27-24(30)10-8-21(29)17-5-9-22-23(14-17)34-12-11-33-22/h3-7,9,14-15,20,36H,2,8,10-13H2,1H3,(H,27,30)(H,28,31,32)/t20-/m0/s1. The van der Waals surface area contributed by atoms with Gasteiger partial charge in [-0.2, -0.15) is 0 Å². The molecule has 2 heterocycles. The lowest BCUT2D eigenvalue weighted by Gasteiger charge is -2.19. The van der Waals surface area contributed by atoms with Gasteiger partial charge in [-0.25, -0.2) is 13.4 Å². The Hall–Kier alpha value is -3.44. The normalized spacial score (nSPS) is 13.3. The van der Waals surface area contributed by atoms with E-state index in [1.54, 1.807) is 42.5 Å². The van der Waals surface area contributed by atoms with Gasteiger partial charge in [-0.15, -0.1) is 11.3 Å². The molecule has 2 N–H and O–H groups in total. The summed E-state index contributed by atoms with van der Waals surface area (Å²) < 4.78 is 35.1. The number of nitrogens with one attached hydrogen (secondary N) is 2. The third-order valence-corrected chi connectivity index (χ3v) is 7.07. The molecule has 1 amide bonds. The highest BCUT2D eigenvalue weighted by Crippen LogP contribution is 2.31. The summed E-state index contributed by atoms with van der Waals surface area (Å²) >= 11 is 1.48. The largest absolute Gasteiger partial charge is 0.486 e. The molecule has 1 aliphatic rings. The van der Waals surface area contributed by atoms with Gasteiger partial charge < -0.3 is 14.8 Å². The minimum absolute atomic E-state index is 0.0369. The van der Waals surface area contributed by atoms with Crippen molar-refractivity contribution in [1.29, 1.82) is 0 Å². The number of aryl methyl sites for hydroxylation is 1. The van der Waals surface area contributed by atoms with Crippen molar-refractivity contribution in [3.8, 4) is 11.5 Å². The lowest BCUT2D eigenvalue weighted by molar-refractivity contribution is -0.121. The van der Waals surface area contributed by atoms with Crippen LogP contribution in [0.1, 0.15) is 52.4 Å². The maximum absolute atomic E-state index is 12.8. The van der Waals surface area contributed by atoms with Crippen LogP contribution in [0.25, 0.3) is 0 Å². The maximum Gasteiger partial charge on any atom is 0.222 e. The zero-order chi connectivity index (χ0) is 25.5. The van der Waals surface area contributed by atoms with Gasteiger partial charge in [0.05, 0.1) is 11.7 Å². The molecule has 0 spiro atoms. The fraction of sp³-hybridized carbons (Fsp3) is 0.320. The average Bonchev–Trinajstić information content (AvgIpc) is 3.37. The number of hydrogen-bond acceptors (Lipinski definition) is 8. The number of amides is 1. The van der Waals surface area contributed by atoms with E-state index in [1.165, 1.54) is 11.3 Å². The first kappa shape index (κ1) is 25.6. The molecule has 9 nitrogen and oxygen atoms in total. The third kappa shape index (κ3) is 6.82. The fourth-order valence-corrected chi connectivity index (χ4v) is 5.07. The number of ether oxygens (including phenoxy) is 2. The van der Waals surface area contributed by atoms with Crippen molar-refractivity contribution in [1.82, 2.24) is 10.3 Å². The number of nitrogens with zero attached hydrogens (tertiary/aromatic N) is 1. The topological polar surface area (TPSA) is 124 Å². The molecule has 1 aliphatic heterocycles. The number of hydrogen-bond donors (Lipinski definition) is 3. The Kier molecular flexibility index (Phi) is 8.55. The van der Waals surface area contributed by atoms with Crippen LogP contribution < -0.4 is 19.5 Å². The Morgan fingerprint density at radius 1 is 1.06 bits per heavy atom. The predicted octanol–water partition coefficient (Wildman–Crippen LogP) is 3.48. The quantitative estimate of drug-likeness (QED) is 0.257. The number of aromatic nitrogens is 1. The van der Waals surface area contributed by atoms with Crippen LogP contribution in [0.4, 0.5) is 5.69 Å². The first-order valence-electron chi connectivity index (χ1n) is 11.6. The van der Waals surface area contributed by atoms with Crippen LogP contribution in [0.2, 0.25) is 0 Å². The predicted molar refractivity (Wildman–Crippen MR) is 137 cm³/mol. The average molecular weight is 530 g/mol. The molecule has 0 saturated carbocycles. The van der Waals surface area contributed by atoms with Gasteiger partial charge in [-0.3, -0.25) is 14.3 Å². The van der Waals surface area contributed by atoms with Gasteiger partial charge in [0.15, 0.2) is 17.3 Å². The van der Waals surface area contributed by atoms with E-state index in [0.29, 0.717) is 42.4 Å². The van der Waals surface area contributed by atoms with Crippen LogP contribution in [0.3, 0.4) is 0 Å². The van der Waals surface area contributed by atoms with Crippen molar-refractivity contribution in [3.05, 3.63) is 69.7 Å². The molecule has 0 unspecified atom stereocenters. The molecule has 36 heavy (non-hydrogen) atoms. The molecule has 0 aliphatic carbocycles. The molecule has 2 aromatic carbocycles. The minimum Gasteiger partial charge on any atom is -0.486 e. The van der Waals surface area contributed by atoms with Crippen LogP contribution in [-0.2, 0) is 28.5 Å². The number of carbonyl (C=O) groups is 2. The molecule has 0 bridgehead atoms. The summed E-state index contributed by atoms with van der Waals surface area (Å²) in [5.41, 5.74) is 2.80. The minimum atomic E-state index is -2.74. The molecule has 4 rings (SSSR count). The first-order chi connectivity index (χ1) is 17.4. The summed E-state index contributed by atoms with van der Waals surface area (Å²) in [4.78, 5) is 30.2. The van der Waals surface area contributed by atoms with Crippen molar-refractivity contribution in [2.75, 3.05) is 17.9 Å². The van der Waals surface area contributed by atoms with Crippen LogP contribution in [0.15, 0.2) is 47.8 Å². The summed E-state index contributed by atoms with van der Waals surface area (Å²) in [5, 5.41) is 5.77.